The Morgan fingerprint density at radius 1 is 1.11 bits per heavy atom. The first-order chi connectivity index (χ1) is 12.7. The maximum atomic E-state index is 11.4. The van der Waals surface area contributed by atoms with Gasteiger partial charge in [0.15, 0.2) is 0 Å². The number of carbonyl (C=O) groups is 1. The summed E-state index contributed by atoms with van der Waals surface area (Å²) in [6.07, 6.45) is 1.46. The zero-order valence-corrected chi connectivity index (χ0v) is 14.5. The molecule has 0 fully saturated rings. The zero-order valence-electron chi connectivity index (χ0n) is 13.7. The molecule has 0 saturated carbocycles. The van der Waals surface area contributed by atoms with Crippen molar-refractivity contribution in [1.82, 2.24) is 9.97 Å². The van der Waals surface area contributed by atoms with Crippen molar-refractivity contribution in [3.63, 3.8) is 0 Å². The van der Waals surface area contributed by atoms with Crippen molar-refractivity contribution >= 4 is 27.6 Å². The number of aromatic nitrogens is 2. The molecule has 5 N–H and O–H groups in total. The first-order valence-corrected chi connectivity index (χ1v) is 9.08. The number of hydrogen-bond donors (Lipinski definition) is 4. The number of nitrogens with zero attached hydrogens (tertiary/aromatic N) is 2. The molecule has 27 heavy (non-hydrogen) atoms. The lowest BCUT2D eigenvalue weighted by Gasteiger charge is -2.08. The average Bonchev–Trinajstić information content (AvgIpc) is 2.61. The molecule has 3 aromatic rings. The van der Waals surface area contributed by atoms with Gasteiger partial charge in [0.1, 0.15) is 11.3 Å². The SMILES string of the molecule is NS(=O)(=O)c1cccc(Nc2nccc(-c3ccc(O)c(C(=O)O)c3)n2)c1. The predicted molar refractivity (Wildman–Crippen MR) is 97.2 cm³/mol. The number of nitrogens with one attached hydrogen (secondary N) is 1. The second-order valence-corrected chi connectivity index (χ2v) is 7.06. The number of aromatic carboxylic acids is 1. The minimum atomic E-state index is -3.85. The molecule has 3 rings (SSSR count). The summed E-state index contributed by atoms with van der Waals surface area (Å²) < 4.78 is 22.9. The zero-order chi connectivity index (χ0) is 19.6. The van der Waals surface area contributed by atoms with Crippen molar-refractivity contribution in [3.8, 4) is 17.0 Å². The molecule has 0 amide bonds. The quantitative estimate of drug-likeness (QED) is 0.518. The van der Waals surface area contributed by atoms with Crippen molar-refractivity contribution in [1.29, 1.82) is 0 Å². The number of carboxylic acid groups (broad SMARTS) is 1. The third kappa shape index (κ3) is 4.19. The molecular formula is C17H14N4O5S. The lowest BCUT2D eigenvalue weighted by atomic mass is 10.1. The fraction of sp³-hybridized carbons (Fsp3) is 0. The Kier molecular flexibility index (Phi) is 4.75. The molecular weight excluding hydrogens is 372 g/mol. The first kappa shape index (κ1) is 18.3. The Bertz CT molecular complexity index is 1130. The van der Waals surface area contributed by atoms with Gasteiger partial charge in [-0.25, -0.2) is 28.3 Å². The maximum absolute atomic E-state index is 11.4. The van der Waals surface area contributed by atoms with Crippen LogP contribution in [0.15, 0.2) is 59.6 Å². The summed E-state index contributed by atoms with van der Waals surface area (Å²) in [6, 6.07) is 11.5. The second kappa shape index (κ2) is 7.02. The maximum Gasteiger partial charge on any atom is 0.339 e. The van der Waals surface area contributed by atoms with Crippen LogP contribution in [0.1, 0.15) is 10.4 Å². The van der Waals surface area contributed by atoms with E-state index in [-0.39, 0.29) is 22.2 Å². The van der Waals surface area contributed by atoms with Gasteiger partial charge in [-0.15, -0.1) is 0 Å². The summed E-state index contributed by atoms with van der Waals surface area (Å²) in [6.45, 7) is 0. The van der Waals surface area contributed by atoms with Crippen LogP contribution in [-0.4, -0.2) is 34.6 Å². The summed E-state index contributed by atoms with van der Waals surface area (Å²) in [4.78, 5) is 19.4. The highest BCUT2D eigenvalue weighted by atomic mass is 32.2. The predicted octanol–water partition coefficient (Wildman–Crippen LogP) is 1.94. The standard InChI is InChI=1S/C17H14N4O5S/c18-27(25,26)12-3-1-2-11(9-12)20-17-19-7-6-14(21-17)10-4-5-15(22)13(8-10)16(23)24/h1-9,22H,(H,23,24)(H2,18,25,26)(H,19,20,21). The van der Waals surface area contributed by atoms with Crippen molar-refractivity contribution in [2.24, 2.45) is 5.14 Å². The van der Waals surface area contributed by atoms with Crippen LogP contribution in [0, 0.1) is 0 Å². The van der Waals surface area contributed by atoms with Crippen molar-refractivity contribution < 1.29 is 23.4 Å². The summed E-state index contributed by atoms with van der Waals surface area (Å²) in [5, 5.41) is 26.7. The third-order valence-corrected chi connectivity index (χ3v) is 4.51. The molecule has 9 nitrogen and oxygen atoms in total. The number of benzene rings is 2. The number of hydrogen-bond acceptors (Lipinski definition) is 7. The molecule has 138 valence electrons. The highest BCUT2D eigenvalue weighted by Gasteiger charge is 2.13. The molecule has 0 aliphatic rings. The first-order valence-electron chi connectivity index (χ1n) is 7.53. The van der Waals surface area contributed by atoms with Gasteiger partial charge in [-0.2, -0.15) is 0 Å². The van der Waals surface area contributed by atoms with E-state index < -0.39 is 16.0 Å². The smallest absolute Gasteiger partial charge is 0.339 e. The molecule has 0 saturated heterocycles. The average molecular weight is 386 g/mol. The molecule has 0 unspecified atom stereocenters. The topological polar surface area (TPSA) is 156 Å². The van der Waals surface area contributed by atoms with Gasteiger partial charge < -0.3 is 15.5 Å². The minimum Gasteiger partial charge on any atom is -0.507 e. The van der Waals surface area contributed by atoms with Crippen LogP contribution in [-0.2, 0) is 10.0 Å². The summed E-state index contributed by atoms with van der Waals surface area (Å²) in [5.41, 5.74) is 1.05. The molecule has 1 aromatic heterocycles. The van der Waals surface area contributed by atoms with E-state index in [9.17, 15) is 18.3 Å². The lowest BCUT2D eigenvalue weighted by Crippen LogP contribution is -2.12. The fourth-order valence-electron chi connectivity index (χ4n) is 2.33. The van der Waals surface area contributed by atoms with Gasteiger partial charge in [-0.3, -0.25) is 0 Å². The van der Waals surface area contributed by atoms with Crippen LogP contribution < -0.4 is 10.5 Å². The van der Waals surface area contributed by atoms with Crippen LogP contribution in [0.3, 0.4) is 0 Å². The van der Waals surface area contributed by atoms with Crippen LogP contribution in [0.25, 0.3) is 11.3 Å². The number of carboxylic acids is 1. The van der Waals surface area contributed by atoms with Crippen LogP contribution >= 0.6 is 0 Å². The van der Waals surface area contributed by atoms with E-state index in [2.05, 4.69) is 15.3 Å². The van der Waals surface area contributed by atoms with Gasteiger partial charge in [-0.1, -0.05) is 6.07 Å². The highest BCUT2D eigenvalue weighted by molar-refractivity contribution is 7.89. The van der Waals surface area contributed by atoms with Crippen LogP contribution in [0.2, 0.25) is 0 Å². The lowest BCUT2D eigenvalue weighted by molar-refractivity contribution is 0.0693. The van der Waals surface area contributed by atoms with Crippen molar-refractivity contribution in [2.75, 3.05) is 5.32 Å². The Balaban J connectivity index is 1.93. The van der Waals surface area contributed by atoms with Gasteiger partial charge in [-0.05, 0) is 42.5 Å². The fourth-order valence-corrected chi connectivity index (χ4v) is 2.89. The Hall–Kier alpha value is -3.50. The molecule has 0 radical (unpaired) electrons. The molecule has 2 aromatic carbocycles. The Morgan fingerprint density at radius 3 is 2.59 bits per heavy atom. The van der Waals surface area contributed by atoms with Crippen LogP contribution in [0.5, 0.6) is 5.75 Å². The van der Waals surface area contributed by atoms with E-state index in [1.165, 1.54) is 42.6 Å². The van der Waals surface area contributed by atoms with E-state index in [1.807, 2.05) is 0 Å². The number of primary sulfonamides is 1. The van der Waals surface area contributed by atoms with Gasteiger partial charge in [0.05, 0.1) is 10.6 Å². The Morgan fingerprint density at radius 2 is 1.89 bits per heavy atom. The number of nitrogens with two attached hydrogens (primary N) is 1. The Labute approximate surface area is 154 Å². The molecule has 1 heterocycles. The molecule has 0 aliphatic carbocycles. The summed E-state index contributed by atoms with van der Waals surface area (Å²) in [5.74, 6) is -1.44. The molecule has 0 bridgehead atoms. The van der Waals surface area contributed by atoms with Gasteiger partial charge in [0.2, 0.25) is 16.0 Å². The summed E-state index contributed by atoms with van der Waals surface area (Å²) >= 11 is 0. The van der Waals surface area contributed by atoms with Crippen molar-refractivity contribution in [3.05, 3.63) is 60.3 Å². The number of sulfonamides is 1. The van der Waals surface area contributed by atoms with Crippen molar-refractivity contribution in [2.45, 2.75) is 4.90 Å². The van der Waals surface area contributed by atoms with Gasteiger partial charge in [0.25, 0.3) is 0 Å². The number of phenols is 1. The van der Waals surface area contributed by atoms with E-state index in [1.54, 1.807) is 12.1 Å². The monoisotopic (exact) mass is 386 g/mol. The molecule has 0 atom stereocenters. The van der Waals surface area contributed by atoms with Gasteiger partial charge in [0, 0.05) is 17.4 Å². The molecule has 0 aliphatic heterocycles. The van der Waals surface area contributed by atoms with E-state index in [4.69, 9.17) is 10.2 Å². The normalized spacial score (nSPS) is 11.1. The van der Waals surface area contributed by atoms with E-state index in [0.717, 1.165) is 0 Å². The molecule has 10 heteroatoms. The number of aromatic hydroxyl groups is 1. The largest absolute Gasteiger partial charge is 0.507 e. The van der Waals surface area contributed by atoms with Crippen LogP contribution in [0.4, 0.5) is 11.6 Å². The second-order valence-electron chi connectivity index (χ2n) is 5.50. The highest BCUT2D eigenvalue weighted by Crippen LogP contribution is 2.26. The number of rotatable bonds is 5. The summed E-state index contributed by atoms with van der Waals surface area (Å²) in [7, 11) is -3.85. The third-order valence-electron chi connectivity index (χ3n) is 3.60. The van der Waals surface area contributed by atoms with E-state index >= 15 is 0 Å². The number of anilines is 2. The van der Waals surface area contributed by atoms with Gasteiger partial charge >= 0.3 is 5.97 Å². The molecule has 0 spiro atoms. The van der Waals surface area contributed by atoms with E-state index in [0.29, 0.717) is 16.9 Å². The minimum absolute atomic E-state index is 0.0618.